The molecule has 4 heteroatoms. The molecule has 0 saturated carbocycles. The third-order valence-electron chi connectivity index (χ3n) is 2.09. The first-order valence-electron chi connectivity index (χ1n) is 5.57. The molecule has 1 atom stereocenters. The van der Waals surface area contributed by atoms with Crippen molar-refractivity contribution in [1.82, 2.24) is 0 Å². The molecular weight excluding hydrogens is 208 g/mol. The van der Waals surface area contributed by atoms with Crippen LogP contribution in [0.4, 0.5) is 0 Å². The van der Waals surface area contributed by atoms with Crippen molar-refractivity contribution in [3.8, 4) is 0 Å². The van der Waals surface area contributed by atoms with Crippen LogP contribution in [-0.4, -0.2) is 25.2 Å². The third-order valence-corrected chi connectivity index (χ3v) is 2.09. The highest BCUT2D eigenvalue weighted by molar-refractivity contribution is 5.71. The van der Waals surface area contributed by atoms with E-state index in [4.69, 9.17) is 9.47 Å². The van der Waals surface area contributed by atoms with Gasteiger partial charge in [0.1, 0.15) is 0 Å². The third kappa shape index (κ3) is 7.04. The van der Waals surface area contributed by atoms with Gasteiger partial charge < -0.3 is 9.47 Å². The van der Waals surface area contributed by atoms with E-state index in [1.807, 2.05) is 0 Å². The summed E-state index contributed by atoms with van der Waals surface area (Å²) in [6.45, 7) is 7.93. The van der Waals surface area contributed by atoms with Gasteiger partial charge in [-0.1, -0.05) is 6.08 Å². The van der Waals surface area contributed by atoms with E-state index < -0.39 is 0 Å². The molecule has 0 aliphatic carbocycles. The fourth-order valence-electron chi connectivity index (χ4n) is 1.27. The lowest BCUT2D eigenvalue weighted by Crippen LogP contribution is -2.12. The van der Waals surface area contributed by atoms with Crippen molar-refractivity contribution in [1.29, 1.82) is 0 Å². The van der Waals surface area contributed by atoms with Gasteiger partial charge in [0, 0.05) is 6.42 Å². The van der Waals surface area contributed by atoms with Crippen LogP contribution in [0.2, 0.25) is 0 Å². The summed E-state index contributed by atoms with van der Waals surface area (Å²) >= 11 is 0. The number of carbonyl (C=O) groups excluding carboxylic acids is 2. The Balaban J connectivity index is 3.87. The maximum Gasteiger partial charge on any atom is 0.306 e. The molecule has 0 radical (unpaired) electrons. The predicted molar refractivity (Wildman–Crippen MR) is 60.8 cm³/mol. The first-order chi connectivity index (χ1) is 7.63. The Hall–Kier alpha value is -1.32. The number of allylic oxidation sites excluding steroid dienone is 1. The summed E-state index contributed by atoms with van der Waals surface area (Å²) in [7, 11) is 0. The molecule has 0 amide bonds. The number of carbonyl (C=O) groups is 2. The lowest BCUT2D eigenvalue weighted by atomic mass is 10.00. The van der Waals surface area contributed by atoms with Crippen LogP contribution in [-0.2, 0) is 19.1 Å². The Morgan fingerprint density at radius 2 is 1.75 bits per heavy atom. The molecule has 92 valence electrons. The molecule has 0 aromatic carbocycles. The van der Waals surface area contributed by atoms with Crippen LogP contribution in [0, 0.1) is 5.92 Å². The monoisotopic (exact) mass is 228 g/mol. The molecule has 1 unspecified atom stereocenters. The van der Waals surface area contributed by atoms with Crippen LogP contribution in [0.5, 0.6) is 0 Å². The van der Waals surface area contributed by atoms with Crippen molar-refractivity contribution >= 4 is 11.9 Å². The number of esters is 2. The van der Waals surface area contributed by atoms with Gasteiger partial charge >= 0.3 is 11.9 Å². The fourth-order valence-corrected chi connectivity index (χ4v) is 1.27. The van der Waals surface area contributed by atoms with Crippen molar-refractivity contribution in [2.75, 3.05) is 13.2 Å². The van der Waals surface area contributed by atoms with Crippen LogP contribution < -0.4 is 0 Å². The Morgan fingerprint density at radius 3 is 2.25 bits per heavy atom. The van der Waals surface area contributed by atoms with E-state index in [-0.39, 0.29) is 24.3 Å². The Morgan fingerprint density at radius 1 is 1.19 bits per heavy atom. The fraction of sp³-hybridized carbons (Fsp3) is 0.667. The molecule has 0 spiro atoms. The van der Waals surface area contributed by atoms with E-state index in [1.54, 1.807) is 19.9 Å². The molecule has 0 aliphatic rings. The highest BCUT2D eigenvalue weighted by atomic mass is 16.5. The van der Waals surface area contributed by atoms with Gasteiger partial charge in [-0.15, -0.1) is 6.58 Å². The number of ether oxygens (including phenoxy) is 2. The van der Waals surface area contributed by atoms with E-state index in [0.717, 1.165) is 0 Å². The minimum atomic E-state index is -0.253. The normalized spacial score (nSPS) is 11.6. The zero-order valence-electron chi connectivity index (χ0n) is 10.0. The Kier molecular flexibility index (Phi) is 8.21. The molecule has 0 bridgehead atoms. The smallest absolute Gasteiger partial charge is 0.306 e. The largest absolute Gasteiger partial charge is 0.466 e. The second kappa shape index (κ2) is 8.95. The SMILES string of the molecule is C=CC(CCC(=O)OCC)CC(=O)OCC. The molecule has 0 heterocycles. The molecule has 16 heavy (non-hydrogen) atoms. The molecule has 4 nitrogen and oxygen atoms in total. The molecule has 0 rings (SSSR count). The van der Waals surface area contributed by atoms with E-state index in [0.29, 0.717) is 26.1 Å². The topological polar surface area (TPSA) is 52.6 Å². The minimum absolute atomic E-state index is 0.0246. The number of hydrogen-bond acceptors (Lipinski definition) is 4. The van der Waals surface area contributed by atoms with Gasteiger partial charge in [0.2, 0.25) is 0 Å². The van der Waals surface area contributed by atoms with Gasteiger partial charge in [0.15, 0.2) is 0 Å². The average molecular weight is 228 g/mol. The molecule has 0 saturated heterocycles. The van der Waals surface area contributed by atoms with Crippen molar-refractivity contribution < 1.29 is 19.1 Å². The summed E-state index contributed by atoms with van der Waals surface area (Å²) in [6, 6.07) is 0. The van der Waals surface area contributed by atoms with E-state index >= 15 is 0 Å². The molecular formula is C12H20O4. The Labute approximate surface area is 96.6 Å². The van der Waals surface area contributed by atoms with Gasteiger partial charge in [-0.3, -0.25) is 9.59 Å². The molecule has 0 N–H and O–H groups in total. The van der Waals surface area contributed by atoms with Crippen LogP contribution in [0.25, 0.3) is 0 Å². The first kappa shape index (κ1) is 14.7. The van der Waals surface area contributed by atoms with Gasteiger partial charge in [0.25, 0.3) is 0 Å². The van der Waals surface area contributed by atoms with Gasteiger partial charge in [0.05, 0.1) is 19.6 Å². The van der Waals surface area contributed by atoms with Crippen LogP contribution in [0.3, 0.4) is 0 Å². The number of rotatable bonds is 8. The van der Waals surface area contributed by atoms with Crippen molar-refractivity contribution in [3.63, 3.8) is 0 Å². The summed E-state index contributed by atoms with van der Waals surface area (Å²) in [5.41, 5.74) is 0. The van der Waals surface area contributed by atoms with Crippen molar-refractivity contribution in [2.45, 2.75) is 33.1 Å². The van der Waals surface area contributed by atoms with Crippen molar-refractivity contribution in [2.24, 2.45) is 5.92 Å². The second-order valence-electron chi connectivity index (χ2n) is 3.35. The lowest BCUT2D eigenvalue weighted by Gasteiger charge is -2.10. The maximum atomic E-state index is 11.2. The molecule has 0 aromatic rings. The standard InChI is InChI=1S/C12H20O4/c1-4-10(9-12(14)16-6-3)7-8-11(13)15-5-2/h4,10H,1,5-9H2,2-3H3. The minimum Gasteiger partial charge on any atom is -0.466 e. The predicted octanol–water partition coefficient (Wildman–Crippen LogP) is 2.09. The highest BCUT2D eigenvalue weighted by Crippen LogP contribution is 2.13. The van der Waals surface area contributed by atoms with E-state index in [9.17, 15) is 9.59 Å². The zero-order chi connectivity index (χ0) is 12.4. The van der Waals surface area contributed by atoms with Crippen LogP contribution in [0.1, 0.15) is 33.1 Å². The molecule has 0 aliphatic heterocycles. The quantitative estimate of drug-likeness (QED) is 0.471. The highest BCUT2D eigenvalue weighted by Gasteiger charge is 2.13. The van der Waals surface area contributed by atoms with Crippen LogP contribution in [0.15, 0.2) is 12.7 Å². The molecule has 0 fully saturated rings. The molecule has 0 aromatic heterocycles. The summed E-state index contributed by atoms with van der Waals surface area (Å²) in [5, 5.41) is 0. The summed E-state index contributed by atoms with van der Waals surface area (Å²) in [6.07, 6.45) is 2.83. The average Bonchev–Trinajstić information content (AvgIpc) is 2.25. The lowest BCUT2D eigenvalue weighted by molar-refractivity contribution is -0.146. The summed E-state index contributed by atoms with van der Waals surface area (Å²) in [5.74, 6) is -0.516. The summed E-state index contributed by atoms with van der Waals surface area (Å²) < 4.78 is 9.63. The van der Waals surface area contributed by atoms with Gasteiger partial charge in [-0.05, 0) is 26.2 Å². The first-order valence-corrected chi connectivity index (χ1v) is 5.57. The van der Waals surface area contributed by atoms with Crippen LogP contribution >= 0.6 is 0 Å². The second-order valence-corrected chi connectivity index (χ2v) is 3.35. The van der Waals surface area contributed by atoms with E-state index in [1.165, 1.54) is 0 Å². The summed E-state index contributed by atoms with van der Waals surface area (Å²) in [4.78, 5) is 22.3. The van der Waals surface area contributed by atoms with Crippen molar-refractivity contribution in [3.05, 3.63) is 12.7 Å². The van der Waals surface area contributed by atoms with Gasteiger partial charge in [-0.25, -0.2) is 0 Å². The Bertz CT molecular complexity index is 235. The van der Waals surface area contributed by atoms with Gasteiger partial charge in [-0.2, -0.15) is 0 Å². The number of hydrogen-bond donors (Lipinski definition) is 0. The maximum absolute atomic E-state index is 11.2. The zero-order valence-corrected chi connectivity index (χ0v) is 10.0. The van der Waals surface area contributed by atoms with E-state index in [2.05, 4.69) is 6.58 Å².